The molecule has 0 fully saturated rings. The summed E-state index contributed by atoms with van der Waals surface area (Å²) in [6, 6.07) is 12.4. The smallest absolute Gasteiger partial charge is 0.416 e. The maximum atomic E-state index is 13.2. The Balaban J connectivity index is 1.75. The van der Waals surface area contributed by atoms with Gasteiger partial charge in [0.15, 0.2) is 0 Å². The first-order valence-corrected chi connectivity index (χ1v) is 10.5. The molecule has 0 aliphatic carbocycles. The van der Waals surface area contributed by atoms with E-state index in [2.05, 4.69) is 4.98 Å². The number of hydrogen-bond donors (Lipinski definition) is 1. The molecule has 172 valence electrons. The quantitative estimate of drug-likeness (QED) is 0.542. The summed E-state index contributed by atoms with van der Waals surface area (Å²) in [5, 5.41) is 9.28. The van der Waals surface area contributed by atoms with Crippen LogP contribution in [-0.4, -0.2) is 22.7 Å². The number of aromatic nitrogens is 1. The van der Waals surface area contributed by atoms with Gasteiger partial charge in [0.05, 0.1) is 24.3 Å². The Hall–Kier alpha value is -3.55. The summed E-state index contributed by atoms with van der Waals surface area (Å²) >= 11 is 0. The van der Waals surface area contributed by atoms with Crippen molar-refractivity contribution in [3.8, 4) is 22.9 Å². The molecule has 3 aromatic rings. The van der Waals surface area contributed by atoms with E-state index in [1.807, 2.05) is 13.0 Å². The molecule has 0 spiro atoms. The van der Waals surface area contributed by atoms with Gasteiger partial charge in [0.1, 0.15) is 12.4 Å². The van der Waals surface area contributed by atoms with E-state index in [4.69, 9.17) is 9.47 Å². The largest absolute Gasteiger partial charge is 0.493 e. The third kappa shape index (κ3) is 5.27. The van der Waals surface area contributed by atoms with Gasteiger partial charge in [-0.1, -0.05) is 18.2 Å². The number of carbonyl (C=O) groups is 1. The fourth-order valence-corrected chi connectivity index (χ4v) is 3.88. The summed E-state index contributed by atoms with van der Waals surface area (Å²) in [6.45, 7) is 2.18. The fraction of sp³-hybridized carbons (Fsp3) is 0.280. The zero-order chi connectivity index (χ0) is 23.6. The van der Waals surface area contributed by atoms with Crippen LogP contribution >= 0.6 is 0 Å². The number of carboxylic acid groups (broad SMARTS) is 1. The van der Waals surface area contributed by atoms with Crippen molar-refractivity contribution in [2.75, 3.05) is 6.61 Å². The average Bonchev–Trinajstić information content (AvgIpc) is 2.75. The molecule has 0 amide bonds. The van der Waals surface area contributed by atoms with Gasteiger partial charge in [0.2, 0.25) is 5.88 Å². The lowest BCUT2D eigenvalue weighted by Crippen LogP contribution is -2.10. The maximum absolute atomic E-state index is 13.2. The highest BCUT2D eigenvalue weighted by Gasteiger charge is 2.31. The number of alkyl halides is 3. The Morgan fingerprint density at radius 2 is 1.91 bits per heavy atom. The number of aliphatic carboxylic acids is 1. The molecule has 0 saturated heterocycles. The molecule has 33 heavy (non-hydrogen) atoms. The van der Waals surface area contributed by atoms with Crippen LogP contribution in [0.4, 0.5) is 13.2 Å². The van der Waals surface area contributed by atoms with E-state index in [-0.39, 0.29) is 19.6 Å². The molecule has 1 aliphatic heterocycles. The van der Waals surface area contributed by atoms with Crippen molar-refractivity contribution in [2.45, 2.75) is 39.0 Å². The summed E-state index contributed by atoms with van der Waals surface area (Å²) in [5.74, 6) is -0.220. The van der Waals surface area contributed by atoms with Crippen molar-refractivity contribution in [2.24, 2.45) is 0 Å². The highest BCUT2D eigenvalue weighted by Crippen LogP contribution is 2.33. The first-order chi connectivity index (χ1) is 15.7. The number of carboxylic acids is 1. The lowest BCUT2D eigenvalue weighted by molar-refractivity contribution is -0.138. The van der Waals surface area contributed by atoms with Gasteiger partial charge in [-0.15, -0.1) is 0 Å². The van der Waals surface area contributed by atoms with Gasteiger partial charge in [-0.25, -0.2) is 4.98 Å². The van der Waals surface area contributed by atoms with E-state index < -0.39 is 17.7 Å². The summed E-state index contributed by atoms with van der Waals surface area (Å²) < 4.78 is 51.4. The van der Waals surface area contributed by atoms with E-state index in [1.165, 1.54) is 6.07 Å². The van der Waals surface area contributed by atoms with Crippen LogP contribution in [0.5, 0.6) is 11.6 Å². The Kier molecular flexibility index (Phi) is 6.26. The molecule has 4 bridgehead atoms. The summed E-state index contributed by atoms with van der Waals surface area (Å²) in [5.41, 5.74) is 3.25. The van der Waals surface area contributed by atoms with E-state index in [0.717, 1.165) is 23.3 Å². The SMILES string of the molecule is Cc1cc(CC(=O)O)c2cc1-c1cccc(n1)OCc1ccc(C(F)(F)F)cc1CCCO2. The zero-order valence-electron chi connectivity index (χ0n) is 17.9. The number of fused-ring (bicyclic) bond motifs is 6. The van der Waals surface area contributed by atoms with Crippen molar-refractivity contribution < 1.29 is 32.5 Å². The molecule has 1 aliphatic rings. The molecule has 1 N–H and O–H groups in total. The number of halogens is 3. The Labute approximate surface area is 188 Å². The highest BCUT2D eigenvalue weighted by atomic mass is 19.4. The molecular weight excluding hydrogens is 435 g/mol. The van der Waals surface area contributed by atoms with Crippen LogP contribution in [0.25, 0.3) is 11.3 Å². The molecule has 0 radical (unpaired) electrons. The molecule has 0 saturated carbocycles. The van der Waals surface area contributed by atoms with Crippen LogP contribution in [0.2, 0.25) is 0 Å². The van der Waals surface area contributed by atoms with Crippen LogP contribution in [0.15, 0.2) is 48.5 Å². The van der Waals surface area contributed by atoms with Gasteiger partial charge >= 0.3 is 12.1 Å². The van der Waals surface area contributed by atoms with E-state index in [0.29, 0.717) is 46.9 Å². The van der Waals surface area contributed by atoms with E-state index in [1.54, 1.807) is 24.3 Å². The standard InChI is InChI=1S/C25H22F3NO4/c1-15-10-18(12-24(30)31)22-13-20(15)21-5-2-6-23(29-21)33-14-17-7-8-19(25(26,27)28)11-16(17)4-3-9-32-22/h2,5-8,10-11,13H,3-4,9,12,14H2,1H3,(H,30,31). The van der Waals surface area contributed by atoms with E-state index >= 15 is 0 Å². The third-order valence-corrected chi connectivity index (χ3v) is 5.51. The summed E-state index contributed by atoms with van der Waals surface area (Å²) in [7, 11) is 0. The van der Waals surface area contributed by atoms with Crippen LogP contribution in [0, 0.1) is 6.92 Å². The monoisotopic (exact) mass is 457 g/mol. The predicted molar refractivity (Wildman–Crippen MR) is 115 cm³/mol. The van der Waals surface area contributed by atoms with Crippen LogP contribution in [-0.2, 0) is 30.4 Å². The molecule has 4 rings (SSSR count). The second kappa shape index (κ2) is 9.13. The first kappa shape index (κ1) is 22.6. The first-order valence-electron chi connectivity index (χ1n) is 10.5. The van der Waals surface area contributed by atoms with Gasteiger partial charge in [-0.3, -0.25) is 4.79 Å². The normalized spacial score (nSPS) is 13.8. The zero-order valence-corrected chi connectivity index (χ0v) is 17.9. The van der Waals surface area contributed by atoms with Crippen LogP contribution in [0.3, 0.4) is 0 Å². The van der Waals surface area contributed by atoms with Crippen LogP contribution in [0.1, 0.15) is 34.2 Å². The lowest BCUT2D eigenvalue weighted by Gasteiger charge is -2.18. The predicted octanol–water partition coefficient (Wildman–Crippen LogP) is 5.61. The second-order valence-electron chi connectivity index (χ2n) is 7.93. The highest BCUT2D eigenvalue weighted by molar-refractivity contribution is 5.74. The van der Waals surface area contributed by atoms with Crippen molar-refractivity contribution in [3.05, 3.63) is 76.3 Å². The Morgan fingerprint density at radius 3 is 2.67 bits per heavy atom. The fourth-order valence-electron chi connectivity index (χ4n) is 3.88. The number of nitrogens with zero attached hydrogens (tertiary/aromatic N) is 1. The molecule has 8 heteroatoms. The van der Waals surface area contributed by atoms with Gasteiger partial charge in [0, 0.05) is 17.2 Å². The third-order valence-electron chi connectivity index (χ3n) is 5.51. The minimum Gasteiger partial charge on any atom is -0.493 e. The molecule has 1 aromatic heterocycles. The van der Waals surface area contributed by atoms with Crippen molar-refractivity contribution in [3.63, 3.8) is 0 Å². The molecule has 5 nitrogen and oxygen atoms in total. The minimum atomic E-state index is -4.44. The van der Waals surface area contributed by atoms with Crippen LogP contribution < -0.4 is 9.47 Å². The minimum absolute atomic E-state index is 0.0898. The number of rotatable bonds is 2. The summed E-state index contributed by atoms with van der Waals surface area (Å²) in [6.07, 6.45) is -3.84. The Bertz CT molecular complexity index is 1190. The second-order valence-corrected chi connectivity index (χ2v) is 7.93. The molecule has 2 heterocycles. The topological polar surface area (TPSA) is 68.7 Å². The molecule has 0 unspecified atom stereocenters. The van der Waals surface area contributed by atoms with Gasteiger partial charge in [-0.2, -0.15) is 13.2 Å². The number of hydrogen-bond acceptors (Lipinski definition) is 4. The number of pyridine rings is 1. The number of ether oxygens (including phenoxy) is 2. The van der Waals surface area contributed by atoms with Crippen molar-refractivity contribution in [1.29, 1.82) is 0 Å². The molecular formula is C25H22F3NO4. The number of benzene rings is 2. The van der Waals surface area contributed by atoms with Gasteiger partial charge in [-0.05, 0) is 60.7 Å². The van der Waals surface area contributed by atoms with Gasteiger partial charge in [0.25, 0.3) is 0 Å². The van der Waals surface area contributed by atoms with Crippen molar-refractivity contribution >= 4 is 5.97 Å². The maximum Gasteiger partial charge on any atom is 0.416 e. The van der Waals surface area contributed by atoms with Crippen molar-refractivity contribution in [1.82, 2.24) is 4.98 Å². The average molecular weight is 457 g/mol. The Morgan fingerprint density at radius 1 is 1.09 bits per heavy atom. The molecule has 2 aromatic carbocycles. The summed E-state index contributed by atoms with van der Waals surface area (Å²) in [4.78, 5) is 15.9. The lowest BCUT2D eigenvalue weighted by atomic mass is 9.99. The molecule has 0 atom stereocenters. The van der Waals surface area contributed by atoms with E-state index in [9.17, 15) is 23.1 Å². The van der Waals surface area contributed by atoms with Gasteiger partial charge < -0.3 is 14.6 Å². The number of aryl methyl sites for hydroxylation is 2.